The highest BCUT2D eigenvalue weighted by Gasteiger charge is 2.14. The lowest BCUT2D eigenvalue weighted by Crippen LogP contribution is -2.13. The van der Waals surface area contributed by atoms with Crippen molar-refractivity contribution in [2.24, 2.45) is 0 Å². The van der Waals surface area contributed by atoms with Crippen molar-refractivity contribution < 1.29 is 9.53 Å². The van der Waals surface area contributed by atoms with Crippen LogP contribution in [-0.2, 0) is 0 Å². The minimum Gasteiger partial charge on any atom is -0.493 e. The molecule has 4 aromatic rings. The number of carbonyl (C=O) groups excluding carboxylic acids is 1. The number of aromatic nitrogens is 1. The zero-order valence-corrected chi connectivity index (χ0v) is 18.5. The fourth-order valence-electron chi connectivity index (χ4n) is 3.47. The van der Waals surface area contributed by atoms with Gasteiger partial charge in [-0.3, -0.25) is 4.79 Å². The summed E-state index contributed by atoms with van der Waals surface area (Å²) in [6.45, 7) is 6.42. The second kappa shape index (κ2) is 8.78. The van der Waals surface area contributed by atoms with E-state index < -0.39 is 0 Å². The Hall–Kier alpha value is -3.37. The first-order chi connectivity index (χ1) is 14.9. The van der Waals surface area contributed by atoms with E-state index in [2.05, 4.69) is 5.32 Å². The van der Waals surface area contributed by atoms with Crippen LogP contribution in [0, 0.1) is 13.8 Å². The molecule has 0 fully saturated rings. The molecule has 0 aliphatic heterocycles. The van der Waals surface area contributed by atoms with E-state index in [-0.39, 0.29) is 5.91 Å². The topological polar surface area (TPSA) is 51.2 Å². The number of anilines is 1. The quantitative estimate of drug-likeness (QED) is 0.377. The van der Waals surface area contributed by atoms with Gasteiger partial charge in [0.2, 0.25) is 0 Å². The van der Waals surface area contributed by atoms with Gasteiger partial charge >= 0.3 is 0 Å². The molecule has 156 valence electrons. The predicted molar refractivity (Wildman–Crippen MR) is 127 cm³/mol. The van der Waals surface area contributed by atoms with Gasteiger partial charge in [0.05, 0.1) is 17.8 Å². The fourth-order valence-corrected chi connectivity index (χ4v) is 3.66. The molecular formula is C26H23ClN2O2. The number of nitrogens with one attached hydrogen (secondary N) is 1. The maximum Gasteiger partial charge on any atom is 0.255 e. The minimum absolute atomic E-state index is 0.169. The number of fused-ring (bicyclic) bond motifs is 1. The van der Waals surface area contributed by atoms with Gasteiger partial charge in [0.15, 0.2) is 0 Å². The fraction of sp³-hybridized carbons (Fsp3) is 0.154. The average Bonchev–Trinajstić information content (AvgIpc) is 2.76. The Labute approximate surface area is 186 Å². The number of ether oxygens (including phenoxy) is 1. The second-order valence-corrected chi connectivity index (χ2v) is 7.89. The molecule has 3 aromatic carbocycles. The normalized spacial score (nSPS) is 10.8. The molecule has 31 heavy (non-hydrogen) atoms. The van der Waals surface area contributed by atoms with E-state index in [1.54, 1.807) is 6.07 Å². The summed E-state index contributed by atoms with van der Waals surface area (Å²) >= 11 is 6.15. The molecule has 0 saturated carbocycles. The summed E-state index contributed by atoms with van der Waals surface area (Å²) in [7, 11) is 0. The molecule has 0 aliphatic rings. The maximum atomic E-state index is 12.9. The van der Waals surface area contributed by atoms with Crippen molar-refractivity contribution in [3.63, 3.8) is 0 Å². The number of hydrogen-bond acceptors (Lipinski definition) is 3. The summed E-state index contributed by atoms with van der Waals surface area (Å²) in [6, 6.07) is 20.9. The van der Waals surface area contributed by atoms with Crippen molar-refractivity contribution in [1.82, 2.24) is 4.98 Å². The molecule has 0 aliphatic carbocycles. The standard InChI is InChI=1S/C26H23ClN2O2/c1-4-31-25-15-24(18-6-5-7-20(27)13-18)28-22-11-10-19(14-21(22)25)26(30)29-23-12-16(2)8-9-17(23)3/h5-15H,4H2,1-3H3,(H,29,30). The van der Waals surface area contributed by atoms with Crippen LogP contribution >= 0.6 is 11.6 Å². The monoisotopic (exact) mass is 430 g/mol. The molecule has 0 saturated heterocycles. The van der Waals surface area contributed by atoms with Gasteiger partial charge in [0.25, 0.3) is 5.91 Å². The summed E-state index contributed by atoms with van der Waals surface area (Å²) in [5.74, 6) is 0.515. The Balaban J connectivity index is 1.74. The van der Waals surface area contributed by atoms with Crippen LogP contribution in [0.25, 0.3) is 22.2 Å². The largest absolute Gasteiger partial charge is 0.493 e. The van der Waals surface area contributed by atoms with Gasteiger partial charge in [-0.25, -0.2) is 4.98 Å². The van der Waals surface area contributed by atoms with E-state index in [1.807, 2.05) is 81.4 Å². The molecule has 1 aromatic heterocycles. The molecule has 0 bridgehead atoms. The SMILES string of the molecule is CCOc1cc(-c2cccc(Cl)c2)nc2ccc(C(=O)Nc3cc(C)ccc3C)cc12. The Morgan fingerprint density at radius 3 is 2.65 bits per heavy atom. The van der Waals surface area contributed by atoms with E-state index in [4.69, 9.17) is 21.3 Å². The third kappa shape index (κ3) is 4.54. The van der Waals surface area contributed by atoms with Crippen molar-refractivity contribution in [3.8, 4) is 17.0 Å². The van der Waals surface area contributed by atoms with E-state index in [0.29, 0.717) is 22.9 Å². The zero-order valence-electron chi connectivity index (χ0n) is 17.7. The van der Waals surface area contributed by atoms with E-state index in [9.17, 15) is 4.79 Å². The number of rotatable bonds is 5. The molecule has 1 N–H and O–H groups in total. The summed E-state index contributed by atoms with van der Waals surface area (Å²) in [6.07, 6.45) is 0. The first-order valence-electron chi connectivity index (χ1n) is 10.2. The van der Waals surface area contributed by atoms with Gasteiger partial charge in [0.1, 0.15) is 5.75 Å². The number of hydrogen-bond donors (Lipinski definition) is 1. The lowest BCUT2D eigenvalue weighted by molar-refractivity contribution is 0.102. The Bertz CT molecular complexity index is 1280. The van der Waals surface area contributed by atoms with E-state index in [1.165, 1.54) is 0 Å². The molecule has 4 nitrogen and oxygen atoms in total. The van der Waals surface area contributed by atoms with Crippen LogP contribution in [-0.4, -0.2) is 17.5 Å². The molecular weight excluding hydrogens is 408 g/mol. The Kier molecular flexibility index (Phi) is 5.92. The Morgan fingerprint density at radius 2 is 1.87 bits per heavy atom. The number of aryl methyl sites for hydroxylation is 2. The molecule has 0 radical (unpaired) electrons. The molecule has 5 heteroatoms. The number of halogens is 1. The molecule has 0 unspecified atom stereocenters. The molecule has 0 spiro atoms. The first kappa shape index (κ1) is 20.9. The number of nitrogens with zero attached hydrogens (tertiary/aromatic N) is 1. The van der Waals surface area contributed by atoms with Crippen LogP contribution in [0.4, 0.5) is 5.69 Å². The van der Waals surface area contributed by atoms with Crippen LogP contribution < -0.4 is 10.1 Å². The van der Waals surface area contributed by atoms with Crippen molar-refractivity contribution in [3.05, 3.63) is 88.4 Å². The number of pyridine rings is 1. The lowest BCUT2D eigenvalue weighted by atomic mass is 10.1. The van der Waals surface area contributed by atoms with Gasteiger partial charge in [0, 0.05) is 33.3 Å². The van der Waals surface area contributed by atoms with Crippen molar-refractivity contribution in [1.29, 1.82) is 0 Å². The van der Waals surface area contributed by atoms with Crippen LogP contribution in [0.5, 0.6) is 5.75 Å². The molecule has 4 rings (SSSR count). The maximum absolute atomic E-state index is 12.9. The molecule has 1 amide bonds. The third-order valence-corrected chi connectivity index (χ3v) is 5.33. The van der Waals surface area contributed by atoms with Crippen molar-refractivity contribution >= 4 is 34.1 Å². The highest BCUT2D eigenvalue weighted by molar-refractivity contribution is 6.30. The summed E-state index contributed by atoms with van der Waals surface area (Å²) in [4.78, 5) is 17.7. The van der Waals surface area contributed by atoms with Crippen molar-refractivity contribution in [2.75, 3.05) is 11.9 Å². The predicted octanol–water partition coefficient (Wildman–Crippen LogP) is 6.82. The van der Waals surface area contributed by atoms with E-state index in [0.717, 1.165) is 39.0 Å². The lowest BCUT2D eigenvalue weighted by Gasteiger charge is -2.13. The second-order valence-electron chi connectivity index (χ2n) is 7.45. The van der Waals surface area contributed by atoms with Gasteiger partial charge in [-0.15, -0.1) is 0 Å². The van der Waals surface area contributed by atoms with E-state index >= 15 is 0 Å². The van der Waals surface area contributed by atoms with Crippen LogP contribution in [0.15, 0.2) is 66.7 Å². The van der Waals surface area contributed by atoms with Gasteiger partial charge in [-0.05, 0) is 68.3 Å². The van der Waals surface area contributed by atoms with Gasteiger partial charge in [-0.1, -0.05) is 35.9 Å². The number of benzene rings is 3. The highest BCUT2D eigenvalue weighted by atomic mass is 35.5. The first-order valence-corrected chi connectivity index (χ1v) is 10.5. The minimum atomic E-state index is -0.169. The smallest absolute Gasteiger partial charge is 0.255 e. The molecule has 0 atom stereocenters. The average molecular weight is 431 g/mol. The summed E-state index contributed by atoms with van der Waals surface area (Å²) < 4.78 is 5.89. The van der Waals surface area contributed by atoms with Gasteiger partial charge < -0.3 is 10.1 Å². The Morgan fingerprint density at radius 1 is 1.03 bits per heavy atom. The molecule has 1 heterocycles. The zero-order chi connectivity index (χ0) is 22.0. The van der Waals surface area contributed by atoms with Crippen LogP contribution in [0.1, 0.15) is 28.4 Å². The summed E-state index contributed by atoms with van der Waals surface area (Å²) in [5, 5.41) is 4.45. The third-order valence-electron chi connectivity index (χ3n) is 5.09. The number of amides is 1. The van der Waals surface area contributed by atoms with Crippen LogP contribution in [0.3, 0.4) is 0 Å². The highest BCUT2D eigenvalue weighted by Crippen LogP contribution is 2.32. The summed E-state index contributed by atoms with van der Waals surface area (Å²) in [5.41, 5.74) is 5.90. The van der Waals surface area contributed by atoms with Gasteiger partial charge in [-0.2, -0.15) is 0 Å². The van der Waals surface area contributed by atoms with Crippen LogP contribution in [0.2, 0.25) is 5.02 Å². The van der Waals surface area contributed by atoms with Crippen molar-refractivity contribution in [2.45, 2.75) is 20.8 Å². The number of carbonyl (C=O) groups is 1.